The molecule has 2 fully saturated rings. The van der Waals surface area contributed by atoms with Crippen molar-refractivity contribution in [3.63, 3.8) is 0 Å². The first kappa shape index (κ1) is 30.6. The normalized spacial score (nSPS) is 23.0. The summed E-state index contributed by atoms with van der Waals surface area (Å²) >= 11 is 0. The minimum Gasteiger partial charge on any atom is -0.497 e. The number of benzene rings is 2. The van der Waals surface area contributed by atoms with Crippen molar-refractivity contribution in [2.24, 2.45) is 17.8 Å². The second-order valence-corrected chi connectivity index (χ2v) is 13.6. The Bertz CT molecular complexity index is 1030. The number of hydrogen-bond donors (Lipinski definition) is 1. The van der Waals surface area contributed by atoms with E-state index in [9.17, 15) is 4.79 Å². The van der Waals surface area contributed by atoms with Crippen LogP contribution in [0.1, 0.15) is 115 Å². The average Bonchev–Trinajstić information content (AvgIpc) is 2.96. The van der Waals surface area contributed by atoms with E-state index in [1.165, 1.54) is 55.2 Å². The van der Waals surface area contributed by atoms with Gasteiger partial charge in [-0.15, -0.1) is 0 Å². The average molecular weight is 547 g/mol. The van der Waals surface area contributed by atoms with Crippen molar-refractivity contribution in [2.45, 2.75) is 110 Å². The maximum atomic E-state index is 13.7. The van der Waals surface area contributed by atoms with E-state index in [4.69, 9.17) is 4.74 Å². The molecule has 4 rings (SSSR count). The monoisotopic (exact) mass is 546 g/mol. The molecule has 1 saturated carbocycles. The molecule has 2 aliphatic rings. The van der Waals surface area contributed by atoms with Crippen molar-refractivity contribution in [3.05, 3.63) is 65.2 Å². The van der Waals surface area contributed by atoms with E-state index in [2.05, 4.69) is 86.4 Å². The lowest BCUT2D eigenvalue weighted by Gasteiger charge is -2.38. The molecule has 1 aliphatic heterocycles. The summed E-state index contributed by atoms with van der Waals surface area (Å²) in [5.41, 5.74) is 4.03. The topological polar surface area (TPSA) is 41.6 Å². The molecule has 2 aromatic carbocycles. The number of nitrogens with zero attached hydrogens (tertiary/aromatic N) is 1. The molecular formula is C36H54N2O2. The quantitative estimate of drug-likeness (QED) is 0.288. The van der Waals surface area contributed by atoms with Crippen LogP contribution in [0.15, 0.2) is 48.5 Å². The Kier molecular flexibility index (Phi) is 11.1. The van der Waals surface area contributed by atoms with Crippen molar-refractivity contribution in [1.29, 1.82) is 0 Å². The lowest BCUT2D eigenvalue weighted by atomic mass is 9.78. The third-order valence-electron chi connectivity index (χ3n) is 9.45. The van der Waals surface area contributed by atoms with Crippen LogP contribution >= 0.6 is 0 Å². The van der Waals surface area contributed by atoms with E-state index in [1.54, 1.807) is 7.11 Å². The third-order valence-corrected chi connectivity index (χ3v) is 9.45. The molecular weight excluding hydrogens is 492 g/mol. The van der Waals surface area contributed by atoms with Crippen LogP contribution in [0.5, 0.6) is 5.75 Å². The zero-order valence-corrected chi connectivity index (χ0v) is 25.9. The third kappa shape index (κ3) is 8.59. The van der Waals surface area contributed by atoms with Crippen LogP contribution in [0.4, 0.5) is 0 Å². The number of carbonyl (C=O) groups is 1. The Balaban J connectivity index is 1.45. The van der Waals surface area contributed by atoms with Gasteiger partial charge in [0.15, 0.2) is 0 Å². The van der Waals surface area contributed by atoms with Crippen LogP contribution in [0, 0.1) is 17.8 Å². The Hall–Kier alpha value is -2.33. The number of carbonyl (C=O) groups excluding carboxylic acids is 1. The van der Waals surface area contributed by atoms with E-state index in [-0.39, 0.29) is 23.3 Å². The number of ether oxygens (including phenoxy) is 1. The molecule has 2 aromatic rings. The highest BCUT2D eigenvalue weighted by molar-refractivity contribution is 5.79. The minimum atomic E-state index is 0.0578. The fourth-order valence-electron chi connectivity index (χ4n) is 6.83. The fourth-order valence-corrected chi connectivity index (χ4v) is 6.83. The number of amides is 1. The van der Waals surface area contributed by atoms with E-state index in [1.807, 2.05) is 0 Å². The summed E-state index contributed by atoms with van der Waals surface area (Å²) in [5, 5.41) is 3.62. The van der Waals surface area contributed by atoms with Crippen molar-refractivity contribution >= 4 is 5.91 Å². The van der Waals surface area contributed by atoms with Crippen molar-refractivity contribution in [2.75, 3.05) is 20.2 Å². The number of likely N-dealkylation sites (tertiary alicyclic amines) is 1. The van der Waals surface area contributed by atoms with Crippen LogP contribution in [-0.2, 0) is 16.8 Å². The summed E-state index contributed by atoms with van der Waals surface area (Å²) in [7, 11) is 1.71. The second-order valence-electron chi connectivity index (χ2n) is 13.6. The summed E-state index contributed by atoms with van der Waals surface area (Å²) in [4.78, 5) is 16.3. The lowest BCUT2D eigenvalue weighted by molar-refractivity contribution is -0.127. The van der Waals surface area contributed by atoms with Crippen LogP contribution in [-0.4, -0.2) is 31.0 Å². The van der Waals surface area contributed by atoms with Crippen LogP contribution in [0.2, 0.25) is 0 Å². The van der Waals surface area contributed by atoms with Gasteiger partial charge in [-0.2, -0.15) is 0 Å². The molecule has 0 radical (unpaired) electrons. The molecule has 1 saturated heterocycles. The van der Waals surface area contributed by atoms with E-state index in [0.29, 0.717) is 5.92 Å². The molecule has 2 unspecified atom stereocenters. The Labute approximate surface area is 244 Å². The Morgan fingerprint density at radius 3 is 2.30 bits per heavy atom. The van der Waals surface area contributed by atoms with Gasteiger partial charge in [0.2, 0.25) is 5.91 Å². The van der Waals surface area contributed by atoms with Gasteiger partial charge in [-0.25, -0.2) is 0 Å². The van der Waals surface area contributed by atoms with Gasteiger partial charge in [0, 0.05) is 19.0 Å². The smallest absolute Gasteiger partial charge is 0.223 e. The van der Waals surface area contributed by atoms with Gasteiger partial charge < -0.3 is 10.1 Å². The summed E-state index contributed by atoms with van der Waals surface area (Å²) in [5.74, 6) is 2.57. The number of methoxy groups -OCH3 is 1. The Morgan fingerprint density at radius 1 is 0.975 bits per heavy atom. The molecule has 4 nitrogen and oxygen atoms in total. The maximum absolute atomic E-state index is 13.7. The van der Waals surface area contributed by atoms with Gasteiger partial charge in [0.25, 0.3) is 0 Å². The molecule has 0 aromatic heterocycles. The molecule has 1 heterocycles. The SMILES string of the molecule is CCCCCC1CCC(C(=O)NC(c2ccc(C(C)(C)C)cc2)C2CCCN(Cc3ccc(OC)cc3)C2)CC1. The van der Waals surface area contributed by atoms with Crippen molar-refractivity contribution in [1.82, 2.24) is 10.2 Å². The van der Waals surface area contributed by atoms with Gasteiger partial charge in [-0.3, -0.25) is 9.69 Å². The molecule has 40 heavy (non-hydrogen) atoms. The summed E-state index contributed by atoms with van der Waals surface area (Å²) in [6, 6.07) is 17.6. The number of unbranched alkanes of at least 4 members (excludes halogenated alkanes) is 2. The highest BCUT2D eigenvalue weighted by Crippen LogP contribution is 2.35. The molecule has 220 valence electrons. The predicted octanol–water partition coefficient (Wildman–Crippen LogP) is 8.45. The predicted molar refractivity (Wildman–Crippen MR) is 167 cm³/mol. The van der Waals surface area contributed by atoms with Gasteiger partial charge >= 0.3 is 0 Å². The van der Waals surface area contributed by atoms with Gasteiger partial charge in [0.05, 0.1) is 13.2 Å². The summed E-state index contributed by atoms with van der Waals surface area (Å²) in [6.07, 6.45) is 12.2. The first-order valence-corrected chi connectivity index (χ1v) is 16.0. The number of nitrogens with one attached hydrogen (secondary N) is 1. The zero-order chi connectivity index (χ0) is 28.5. The first-order chi connectivity index (χ1) is 19.3. The Morgan fingerprint density at radius 2 is 1.68 bits per heavy atom. The summed E-state index contributed by atoms with van der Waals surface area (Å²) in [6.45, 7) is 12.1. The van der Waals surface area contributed by atoms with Gasteiger partial charge in [-0.05, 0) is 91.1 Å². The number of hydrogen-bond acceptors (Lipinski definition) is 3. The van der Waals surface area contributed by atoms with E-state index in [0.717, 1.165) is 57.0 Å². The molecule has 0 bridgehead atoms. The molecule has 2 atom stereocenters. The zero-order valence-electron chi connectivity index (χ0n) is 25.9. The van der Waals surface area contributed by atoms with E-state index >= 15 is 0 Å². The summed E-state index contributed by atoms with van der Waals surface area (Å²) < 4.78 is 5.35. The molecule has 1 amide bonds. The highest BCUT2D eigenvalue weighted by Gasteiger charge is 2.33. The molecule has 1 aliphatic carbocycles. The fraction of sp³-hybridized carbons (Fsp3) is 0.639. The maximum Gasteiger partial charge on any atom is 0.223 e. The lowest BCUT2D eigenvalue weighted by Crippen LogP contribution is -2.44. The molecule has 0 spiro atoms. The van der Waals surface area contributed by atoms with E-state index < -0.39 is 0 Å². The van der Waals surface area contributed by atoms with Gasteiger partial charge in [-0.1, -0.05) is 89.8 Å². The standard InChI is InChI=1S/C36H54N2O2/c1-6-7-8-10-27-12-16-30(17-13-27)35(39)37-34(29-18-20-32(21-19-29)36(2,3)4)31-11-9-24-38(26-31)25-28-14-22-33(40-5)23-15-28/h14-15,18-23,27,30-31,34H,6-13,16-17,24-26H2,1-5H3,(H,37,39). The van der Waals surface area contributed by atoms with Crippen molar-refractivity contribution < 1.29 is 9.53 Å². The van der Waals surface area contributed by atoms with Crippen LogP contribution in [0.3, 0.4) is 0 Å². The van der Waals surface area contributed by atoms with Crippen molar-refractivity contribution in [3.8, 4) is 5.75 Å². The highest BCUT2D eigenvalue weighted by atomic mass is 16.5. The largest absolute Gasteiger partial charge is 0.497 e. The number of piperidine rings is 1. The minimum absolute atomic E-state index is 0.0578. The first-order valence-electron chi connectivity index (χ1n) is 16.0. The second kappa shape index (κ2) is 14.5. The number of rotatable bonds is 11. The molecule has 4 heteroatoms. The van der Waals surface area contributed by atoms with Crippen LogP contribution < -0.4 is 10.1 Å². The van der Waals surface area contributed by atoms with Gasteiger partial charge in [0.1, 0.15) is 5.75 Å². The molecule has 1 N–H and O–H groups in total. The van der Waals surface area contributed by atoms with Crippen LogP contribution in [0.25, 0.3) is 0 Å².